The molecule has 0 amide bonds. The highest BCUT2D eigenvalue weighted by atomic mass is 79.9. The number of halogens is 2. The molecule has 0 aromatic carbocycles. The first-order chi connectivity index (χ1) is 5.41. The van der Waals surface area contributed by atoms with Crippen LogP contribution >= 0.6 is 32.9 Å². The predicted octanol–water partition coefficient (Wildman–Crippen LogP) is 3.52. The highest BCUT2D eigenvalue weighted by Crippen LogP contribution is 1.96. The van der Waals surface area contributed by atoms with Gasteiger partial charge in [-0.3, -0.25) is 0 Å². The zero-order chi connectivity index (χ0) is 8.36. The van der Waals surface area contributed by atoms with Gasteiger partial charge in [0.2, 0.25) is 0 Å². The topological polar surface area (TPSA) is 12.0 Å². The molecule has 0 unspecified atom stereocenters. The van der Waals surface area contributed by atoms with Gasteiger partial charge >= 0.3 is 0 Å². The summed E-state index contributed by atoms with van der Waals surface area (Å²) in [5, 5.41) is 4.54. The van der Waals surface area contributed by atoms with Gasteiger partial charge in [-0.25, -0.2) is 0 Å². The van der Waals surface area contributed by atoms with E-state index in [1.807, 2.05) is 0 Å². The SMILES string of the molecule is Br.CCCCCCNCCCBr. The number of nitrogens with one attached hydrogen (secondary N) is 1. The minimum Gasteiger partial charge on any atom is -0.317 e. The lowest BCUT2D eigenvalue weighted by molar-refractivity contribution is 0.596. The molecule has 0 rings (SSSR count). The minimum absolute atomic E-state index is 0. The van der Waals surface area contributed by atoms with E-state index in [1.165, 1.54) is 38.6 Å². The molecule has 0 atom stereocenters. The largest absolute Gasteiger partial charge is 0.317 e. The molecule has 0 aliphatic heterocycles. The van der Waals surface area contributed by atoms with Gasteiger partial charge in [-0.15, -0.1) is 17.0 Å². The van der Waals surface area contributed by atoms with Crippen LogP contribution in [0.1, 0.15) is 39.0 Å². The van der Waals surface area contributed by atoms with Crippen molar-refractivity contribution in [3.63, 3.8) is 0 Å². The summed E-state index contributed by atoms with van der Waals surface area (Å²) >= 11 is 3.40. The van der Waals surface area contributed by atoms with E-state index in [0.717, 1.165) is 11.9 Å². The fourth-order valence-corrected chi connectivity index (χ4v) is 1.27. The van der Waals surface area contributed by atoms with E-state index in [2.05, 4.69) is 28.2 Å². The molecule has 0 bridgehead atoms. The monoisotopic (exact) mass is 301 g/mol. The van der Waals surface area contributed by atoms with E-state index in [0.29, 0.717) is 0 Å². The molecule has 0 radical (unpaired) electrons. The van der Waals surface area contributed by atoms with Crippen LogP contribution in [0.25, 0.3) is 0 Å². The fraction of sp³-hybridized carbons (Fsp3) is 1.00. The molecule has 12 heavy (non-hydrogen) atoms. The molecule has 1 nitrogen and oxygen atoms in total. The molecular weight excluding hydrogens is 282 g/mol. The van der Waals surface area contributed by atoms with Gasteiger partial charge in [0, 0.05) is 5.33 Å². The average molecular weight is 303 g/mol. The maximum absolute atomic E-state index is 3.42. The van der Waals surface area contributed by atoms with Crippen molar-refractivity contribution in [2.45, 2.75) is 39.0 Å². The Labute approximate surface area is 95.6 Å². The zero-order valence-electron chi connectivity index (χ0n) is 7.94. The van der Waals surface area contributed by atoms with Crippen LogP contribution in [0.15, 0.2) is 0 Å². The van der Waals surface area contributed by atoms with Gasteiger partial charge in [-0.1, -0.05) is 42.1 Å². The van der Waals surface area contributed by atoms with Gasteiger partial charge in [0.1, 0.15) is 0 Å². The van der Waals surface area contributed by atoms with Gasteiger partial charge in [0.05, 0.1) is 0 Å². The number of hydrogen-bond donors (Lipinski definition) is 1. The van der Waals surface area contributed by atoms with Gasteiger partial charge in [-0.2, -0.15) is 0 Å². The maximum atomic E-state index is 3.42. The molecule has 0 saturated carbocycles. The van der Waals surface area contributed by atoms with Crippen molar-refractivity contribution < 1.29 is 0 Å². The van der Waals surface area contributed by atoms with Crippen LogP contribution < -0.4 is 5.32 Å². The molecular formula is C9H21Br2N. The van der Waals surface area contributed by atoms with Crippen LogP contribution in [0.3, 0.4) is 0 Å². The van der Waals surface area contributed by atoms with E-state index < -0.39 is 0 Å². The first-order valence-electron chi connectivity index (χ1n) is 4.68. The predicted molar refractivity (Wildman–Crippen MR) is 65.7 cm³/mol. The number of rotatable bonds is 8. The lowest BCUT2D eigenvalue weighted by atomic mass is 10.2. The Morgan fingerprint density at radius 1 is 1.00 bits per heavy atom. The Kier molecular flexibility index (Phi) is 18.5. The molecule has 0 fully saturated rings. The molecule has 0 aromatic rings. The van der Waals surface area contributed by atoms with Crippen molar-refractivity contribution in [3.05, 3.63) is 0 Å². The number of hydrogen-bond acceptors (Lipinski definition) is 1. The first kappa shape index (κ1) is 15.4. The Morgan fingerprint density at radius 2 is 1.67 bits per heavy atom. The van der Waals surface area contributed by atoms with Crippen LogP contribution in [0.5, 0.6) is 0 Å². The van der Waals surface area contributed by atoms with Crippen LogP contribution in [-0.2, 0) is 0 Å². The van der Waals surface area contributed by atoms with Crippen LogP contribution in [0.4, 0.5) is 0 Å². The fourth-order valence-electron chi connectivity index (χ4n) is 0.994. The van der Waals surface area contributed by atoms with Crippen LogP contribution in [-0.4, -0.2) is 18.4 Å². The molecule has 0 aromatic heterocycles. The second-order valence-electron chi connectivity index (χ2n) is 2.85. The Balaban J connectivity index is 0. The average Bonchev–Trinajstić information content (AvgIpc) is 2.03. The summed E-state index contributed by atoms with van der Waals surface area (Å²) in [6.45, 7) is 4.61. The van der Waals surface area contributed by atoms with E-state index in [1.54, 1.807) is 0 Å². The maximum Gasteiger partial charge on any atom is 0.00433 e. The third-order valence-corrected chi connectivity index (χ3v) is 2.26. The summed E-state index contributed by atoms with van der Waals surface area (Å²) in [4.78, 5) is 0. The summed E-state index contributed by atoms with van der Waals surface area (Å²) in [5.74, 6) is 0. The van der Waals surface area contributed by atoms with Gasteiger partial charge in [0.25, 0.3) is 0 Å². The second-order valence-corrected chi connectivity index (χ2v) is 3.65. The molecule has 0 aliphatic rings. The van der Waals surface area contributed by atoms with Crippen molar-refractivity contribution in [3.8, 4) is 0 Å². The molecule has 0 aliphatic carbocycles. The Hall–Kier alpha value is 0.920. The van der Waals surface area contributed by atoms with Gasteiger partial charge < -0.3 is 5.32 Å². The molecule has 1 N–H and O–H groups in total. The Bertz CT molecular complexity index is 61.5. The van der Waals surface area contributed by atoms with Gasteiger partial charge in [0.15, 0.2) is 0 Å². The van der Waals surface area contributed by atoms with E-state index in [4.69, 9.17) is 0 Å². The number of alkyl halides is 1. The van der Waals surface area contributed by atoms with Crippen LogP contribution in [0.2, 0.25) is 0 Å². The van der Waals surface area contributed by atoms with E-state index in [9.17, 15) is 0 Å². The lowest BCUT2D eigenvalue weighted by Gasteiger charge is -2.01. The third-order valence-electron chi connectivity index (χ3n) is 1.69. The zero-order valence-corrected chi connectivity index (χ0v) is 11.2. The molecule has 0 heterocycles. The molecule has 0 saturated heterocycles. The summed E-state index contributed by atoms with van der Waals surface area (Å²) in [5.41, 5.74) is 0. The molecule has 76 valence electrons. The standard InChI is InChI=1S/C9H20BrN.BrH/c1-2-3-4-5-8-11-9-6-7-10;/h11H,2-9H2,1H3;1H. The first-order valence-corrected chi connectivity index (χ1v) is 5.80. The quantitative estimate of drug-likeness (QED) is 0.534. The summed E-state index contributed by atoms with van der Waals surface area (Å²) in [6.07, 6.45) is 6.70. The summed E-state index contributed by atoms with van der Waals surface area (Å²) in [7, 11) is 0. The smallest absolute Gasteiger partial charge is 0.00433 e. The van der Waals surface area contributed by atoms with Crippen molar-refractivity contribution in [1.29, 1.82) is 0 Å². The highest BCUT2D eigenvalue weighted by Gasteiger charge is 1.87. The van der Waals surface area contributed by atoms with E-state index >= 15 is 0 Å². The molecule has 3 heteroatoms. The third kappa shape index (κ3) is 13.5. The van der Waals surface area contributed by atoms with Crippen molar-refractivity contribution >= 4 is 32.9 Å². The van der Waals surface area contributed by atoms with E-state index in [-0.39, 0.29) is 17.0 Å². The normalized spacial score (nSPS) is 9.50. The highest BCUT2D eigenvalue weighted by molar-refractivity contribution is 9.09. The van der Waals surface area contributed by atoms with Crippen molar-refractivity contribution in [1.82, 2.24) is 5.32 Å². The van der Waals surface area contributed by atoms with Crippen molar-refractivity contribution in [2.75, 3.05) is 18.4 Å². The minimum atomic E-state index is 0. The van der Waals surface area contributed by atoms with Crippen LogP contribution in [0, 0.1) is 0 Å². The lowest BCUT2D eigenvalue weighted by Crippen LogP contribution is -2.16. The Morgan fingerprint density at radius 3 is 2.25 bits per heavy atom. The number of unbranched alkanes of at least 4 members (excludes halogenated alkanes) is 3. The summed E-state index contributed by atoms with van der Waals surface area (Å²) in [6, 6.07) is 0. The second kappa shape index (κ2) is 14.4. The summed E-state index contributed by atoms with van der Waals surface area (Å²) < 4.78 is 0. The molecule has 0 spiro atoms. The van der Waals surface area contributed by atoms with Crippen molar-refractivity contribution in [2.24, 2.45) is 0 Å². The van der Waals surface area contributed by atoms with Gasteiger partial charge in [-0.05, 0) is 25.9 Å².